The Bertz CT molecular complexity index is 1250. The first-order valence-corrected chi connectivity index (χ1v) is 11.3. The summed E-state index contributed by atoms with van der Waals surface area (Å²) in [6, 6.07) is 10.7. The first-order valence-electron chi connectivity index (χ1n) is 10.5. The van der Waals surface area contributed by atoms with E-state index in [1.807, 2.05) is 38.1 Å². The lowest BCUT2D eigenvalue weighted by Crippen LogP contribution is -2.35. The van der Waals surface area contributed by atoms with Gasteiger partial charge in [-0.25, -0.2) is 9.97 Å². The van der Waals surface area contributed by atoms with E-state index in [-0.39, 0.29) is 0 Å². The Morgan fingerprint density at radius 2 is 1.97 bits per heavy atom. The molecular weight excluding hydrogens is 406 g/mol. The van der Waals surface area contributed by atoms with Crippen LogP contribution >= 0.6 is 11.3 Å². The SMILES string of the molecule is Cc1ccc(Oc2ccc(Nc3ncnc4sc5c(c34)C[C@@H](C)N[C@@H]5C)cc2C)cn1. The minimum absolute atomic E-state index is 0.334. The number of nitrogens with zero attached hydrogens (tertiary/aromatic N) is 3. The number of nitrogens with one attached hydrogen (secondary N) is 2. The van der Waals surface area contributed by atoms with Crippen LogP contribution in [0, 0.1) is 13.8 Å². The minimum atomic E-state index is 0.334. The fourth-order valence-corrected chi connectivity index (χ4v) is 5.33. The van der Waals surface area contributed by atoms with E-state index in [0.717, 1.165) is 50.9 Å². The molecule has 2 atom stereocenters. The van der Waals surface area contributed by atoms with Crippen LogP contribution in [0.5, 0.6) is 11.5 Å². The van der Waals surface area contributed by atoms with E-state index >= 15 is 0 Å². The molecule has 1 aromatic carbocycles. The Labute approximate surface area is 185 Å². The largest absolute Gasteiger partial charge is 0.455 e. The molecule has 1 aliphatic heterocycles. The molecule has 0 aliphatic carbocycles. The van der Waals surface area contributed by atoms with E-state index in [0.29, 0.717) is 12.1 Å². The van der Waals surface area contributed by atoms with Gasteiger partial charge in [-0.15, -0.1) is 11.3 Å². The van der Waals surface area contributed by atoms with Gasteiger partial charge < -0.3 is 15.4 Å². The van der Waals surface area contributed by atoms with Crippen LogP contribution < -0.4 is 15.4 Å². The summed E-state index contributed by atoms with van der Waals surface area (Å²) in [6.45, 7) is 8.45. The zero-order chi connectivity index (χ0) is 21.5. The standard InChI is InChI=1S/C24H25N5OS/c1-13-9-17(6-8-20(13)30-18-7-5-14(2)25-11-18)29-23-21-19-10-15(3)28-16(4)22(19)31-24(21)27-12-26-23/h5-9,11-12,15-16,28H,10H2,1-4H3,(H,26,27,29)/t15-,16-/m1/s1. The molecule has 5 rings (SSSR count). The monoisotopic (exact) mass is 431 g/mol. The topological polar surface area (TPSA) is 72.0 Å². The fourth-order valence-electron chi connectivity index (χ4n) is 4.14. The van der Waals surface area contributed by atoms with Gasteiger partial charge >= 0.3 is 0 Å². The lowest BCUT2D eigenvalue weighted by atomic mass is 9.97. The highest BCUT2D eigenvalue weighted by molar-refractivity contribution is 7.19. The quantitative estimate of drug-likeness (QED) is 0.423. The Morgan fingerprint density at radius 1 is 1.10 bits per heavy atom. The van der Waals surface area contributed by atoms with Crippen molar-refractivity contribution in [2.45, 2.75) is 46.2 Å². The lowest BCUT2D eigenvalue weighted by Gasteiger charge is -2.26. The number of rotatable bonds is 4. The highest BCUT2D eigenvalue weighted by Gasteiger charge is 2.27. The van der Waals surface area contributed by atoms with Crippen LogP contribution in [0.25, 0.3) is 10.2 Å². The fraction of sp³-hybridized carbons (Fsp3) is 0.292. The van der Waals surface area contributed by atoms with Gasteiger partial charge in [-0.1, -0.05) is 0 Å². The summed E-state index contributed by atoms with van der Waals surface area (Å²) < 4.78 is 6.00. The second kappa shape index (κ2) is 7.90. The van der Waals surface area contributed by atoms with E-state index in [1.54, 1.807) is 23.9 Å². The second-order valence-electron chi connectivity index (χ2n) is 8.18. The summed E-state index contributed by atoms with van der Waals surface area (Å²) in [5.74, 6) is 2.40. The summed E-state index contributed by atoms with van der Waals surface area (Å²) in [5, 5.41) is 8.29. The Hall–Kier alpha value is -3.03. The van der Waals surface area contributed by atoms with Gasteiger partial charge in [0.25, 0.3) is 0 Å². The molecule has 0 saturated carbocycles. The third-order valence-electron chi connectivity index (χ3n) is 5.61. The van der Waals surface area contributed by atoms with Crippen LogP contribution in [0.15, 0.2) is 42.9 Å². The van der Waals surface area contributed by atoms with Gasteiger partial charge in [0.2, 0.25) is 0 Å². The summed E-state index contributed by atoms with van der Waals surface area (Å²) in [6.07, 6.45) is 4.37. The van der Waals surface area contributed by atoms with Gasteiger partial charge in [0.05, 0.1) is 11.6 Å². The summed E-state index contributed by atoms with van der Waals surface area (Å²) in [4.78, 5) is 15.8. The highest BCUT2D eigenvalue weighted by atomic mass is 32.1. The number of pyridine rings is 1. The Morgan fingerprint density at radius 3 is 2.74 bits per heavy atom. The number of thiophene rings is 1. The van der Waals surface area contributed by atoms with E-state index in [1.165, 1.54) is 10.4 Å². The van der Waals surface area contributed by atoms with Crippen molar-refractivity contribution in [2.24, 2.45) is 0 Å². The molecule has 0 spiro atoms. The molecule has 4 heterocycles. The van der Waals surface area contributed by atoms with Crippen molar-refractivity contribution in [1.29, 1.82) is 0 Å². The normalized spacial score (nSPS) is 18.1. The van der Waals surface area contributed by atoms with Crippen molar-refractivity contribution in [1.82, 2.24) is 20.3 Å². The van der Waals surface area contributed by atoms with Gasteiger partial charge in [-0.2, -0.15) is 0 Å². The molecular formula is C24H25N5OS. The molecule has 31 heavy (non-hydrogen) atoms. The van der Waals surface area contributed by atoms with Crippen molar-refractivity contribution >= 4 is 33.1 Å². The highest BCUT2D eigenvalue weighted by Crippen LogP contribution is 2.41. The number of ether oxygens (including phenoxy) is 1. The van der Waals surface area contributed by atoms with E-state index in [4.69, 9.17) is 4.74 Å². The molecule has 0 saturated heterocycles. The molecule has 6 nitrogen and oxygen atoms in total. The Balaban J connectivity index is 1.45. The van der Waals surface area contributed by atoms with Crippen molar-refractivity contribution in [3.8, 4) is 11.5 Å². The number of fused-ring (bicyclic) bond motifs is 3. The predicted octanol–water partition coefficient (Wildman–Crippen LogP) is 5.83. The molecule has 7 heteroatoms. The average Bonchev–Trinajstić information content (AvgIpc) is 3.12. The maximum absolute atomic E-state index is 6.00. The van der Waals surface area contributed by atoms with Crippen LogP contribution in [0.3, 0.4) is 0 Å². The number of benzene rings is 1. The van der Waals surface area contributed by atoms with Crippen LogP contribution in [-0.2, 0) is 6.42 Å². The van der Waals surface area contributed by atoms with E-state index in [2.05, 4.69) is 45.5 Å². The summed E-state index contributed by atoms with van der Waals surface area (Å²) in [5.41, 5.74) is 4.34. The van der Waals surface area contributed by atoms with E-state index < -0.39 is 0 Å². The number of anilines is 2. The van der Waals surface area contributed by atoms with Crippen molar-refractivity contribution in [3.63, 3.8) is 0 Å². The average molecular weight is 432 g/mol. The molecule has 0 amide bonds. The molecule has 0 bridgehead atoms. The molecule has 0 fully saturated rings. The van der Waals surface area contributed by atoms with Crippen LogP contribution in [0.4, 0.5) is 11.5 Å². The summed E-state index contributed by atoms with van der Waals surface area (Å²) >= 11 is 1.76. The van der Waals surface area contributed by atoms with Crippen LogP contribution in [0.2, 0.25) is 0 Å². The third-order valence-corrected chi connectivity index (χ3v) is 6.93. The maximum Gasteiger partial charge on any atom is 0.145 e. The molecule has 3 aromatic heterocycles. The van der Waals surface area contributed by atoms with Gasteiger partial charge in [0.1, 0.15) is 28.5 Å². The van der Waals surface area contributed by atoms with Gasteiger partial charge in [-0.3, -0.25) is 4.98 Å². The first-order chi connectivity index (χ1) is 15.0. The smallest absolute Gasteiger partial charge is 0.145 e. The predicted molar refractivity (Wildman–Crippen MR) is 126 cm³/mol. The zero-order valence-corrected chi connectivity index (χ0v) is 18.9. The van der Waals surface area contributed by atoms with E-state index in [9.17, 15) is 0 Å². The minimum Gasteiger partial charge on any atom is -0.455 e. The molecule has 2 N–H and O–H groups in total. The lowest BCUT2D eigenvalue weighted by molar-refractivity contribution is 0.454. The molecule has 4 aromatic rings. The third kappa shape index (κ3) is 3.86. The number of aryl methyl sites for hydroxylation is 2. The molecule has 0 radical (unpaired) electrons. The van der Waals surface area contributed by atoms with Gasteiger partial charge in [0, 0.05) is 28.3 Å². The van der Waals surface area contributed by atoms with Crippen LogP contribution in [0.1, 0.15) is 41.6 Å². The number of hydrogen-bond acceptors (Lipinski definition) is 7. The van der Waals surface area contributed by atoms with Crippen molar-refractivity contribution < 1.29 is 4.74 Å². The zero-order valence-electron chi connectivity index (χ0n) is 18.1. The Kier molecular flexibility index (Phi) is 5.08. The number of aromatic nitrogens is 3. The molecule has 1 aliphatic rings. The van der Waals surface area contributed by atoms with Crippen LogP contribution in [-0.4, -0.2) is 21.0 Å². The first kappa shape index (κ1) is 19.9. The second-order valence-corrected chi connectivity index (χ2v) is 9.21. The maximum atomic E-state index is 6.00. The van der Waals surface area contributed by atoms with Crippen molar-refractivity contribution in [2.75, 3.05) is 5.32 Å². The summed E-state index contributed by atoms with van der Waals surface area (Å²) in [7, 11) is 0. The number of hydrogen-bond donors (Lipinski definition) is 2. The van der Waals surface area contributed by atoms with Crippen molar-refractivity contribution in [3.05, 3.63) is 64.6 Å². The molecule has 0 unspecified atom stereocenters. The molecule has 158 valence electrons. The van der Waals surface area contributed by atoms with Gasteiger partial charge in [-0.05, 0) is 75.6 Å². The van der Waals surface area contributed by atoms with Gasteiger partial charge in [0.15, 0.2) is 0 Å².